The van der Waals surface area contributed by atoms with E-state index in [4.69, 9.17) is 9.26 Å². The molecule has 3 unspecified atom stereocenters. The van der Waals surface area contributed by atoms with E-state index in [9.17, 15) is 69.3 Å². The summed E-state index contributed by atoms with van der Waals surface area (Å²) < 4.78 is 130. The Kier molecular flexibility index (Phi) is 19.5. The highest BCUT2D eigenvalue weighted by Gasteiger charge is 2.48. The lowest BCUT2D eigenvalue weighted by Gasteiger charge is -2.25. The van der Waals surface area contributed by atoms with Crippen LogP contribution in [-0.2, 0) is 67.4 Å². The van der Waals surface area contributed by atoms with Gasteiger partial charge in [-0.15, -0.1) is 0 Å². The number of hydrogen-bond donors (Lipinski definition) is 8. The minimum absolute atomic E-state index is 0.154. The molecule has 80 heavy (non-hydrogen) atoms. The number of aromatic nitrogens is 4. The van der Waals surface area contributed by atoms with Gasteiger partial charge in [0.2, 0.25) is 11.6 Å². The molecule has 4 aromatic rings. The molecule has 0 saturated carbocycles. The third-order valence-electron chi connectivity index (χ3n) is 14.1. The number of unbranched alkanes of at least 4 members (excludes halogenated alkanes) is 5. The molecule has 0 aliphatic carbocycles. The molecule has 0 spiro atoms. The molecule has 32 heteroatoms. The lowest BCUT2D eigenvalue weighted by molar-refractivity contribution is -0.438. The topological polar surface area (TPSA) is 392 Å². The third kappa shape index (κ3) is 14.6. The number of nitrogens with zero attached hydrogens (tertiary/aromatic N) is 6. The number of phosphoric acid groups is 2. The largest absolute Gasteiger partial charge is 0.744 e. The van der Waals surface area contributed by atoms with Crippen molar-refractivity contribution in [1.82, 2.24) is 29.9 Å². The normalized spacial score (nSPS) is 22.7. The van der Waals surface area contributed by atoms with Gasteiger partial charge in [-0.05, 0) is 95.3 Å². The first-order valence-electron chi connectivity index (χ1n) is 25.5. The number of imidazole rings is 1. The Labute approximate surface area is 463 Å². The van der Waals surface area contributed by atoms with Crippen molar-refractivity contribution >= 4 is 77.8 Å². The molecule has 2 aromatic heterocycles. The van der Waals surface area contributed by atoms with Gasteiger partial charge in [0, 0.05) is 67.0 Å². The monoisotopic (exact) mass is 1220 g/mol. The van der Waals surface area contributed by atoms with E-state index in [1.807, 2.05) is 52.8 Å². The second-order valence-electron chi connectivity index (χ2n) is 20.5. The highest BCUT2D eigenvalue weighted by molar-refractivity contribution is 7.86. The van der Waals surface area contributed by atoms with Crippen molar-refractivity contribution in [3.63, 3.8) is 0 Å². The number of ether oxygens (including phenoxy) is 1. The summed E-state index contributed by atoms with van der Waals surface area (Å²) in [5.41, 5.74) is 4.47. The molecule has 8 N–H and O–H groups in total. The van der Waals surface area contributed by atoms with Crippen LogP contribution in [0.25, 0.3) is 11.2 Å². The zero-order valence-corrected chi connectivity index (χ0v) is 49.0. The Hall–Kier alpha value is -4.48. The fraction of sp³-hybridized carbons (Fsp3) is 0.521. The van der Waals surface area contributed by atoms with Gasteiger partial charge < -0.3 is 44.4 Å². The fourth-order valence-electron chi connectivity index (χ4n) is 10.1. The first-order valence-corrected chi connectivity index (χ1v) is 33.0. The maximum Gasteiger partial charge on any atom is 0.489 e. The number of amides is 1. The van der Waals surface area contributed by atoms with E-state index < -0.39 is 85.6 Å². The van der Waals surface area contributed by atoms with E-state index in [-0.39, 0.29) is 40.7 Å². The number of aryl methyl sites for hydroxylation is 1. The Morgan fingerprint density at radius 1 is 0.863 bits per heavy atom. The molecule has 0 bridgehead atoms. The van der Waals surface area contributed by atoms with Gasteiger partial charge in [-0.3, -0.25) is 18.4 Å². The number of hydrogen-bond acceptors (Lipinski definition) is 19. The average Bonchev–Trinajstić information content (AvgIpc) is 4.24. The van der Waals surface area contributed by atoms with Crippen LogP contribution >= 0.6 is 23.4 Å². The number of nitrogens with one attached hydrogen (secondary N) is 2. The number of aliphatic hydroxyl groups excluding tert-OH is 2. The Morgan fingerprint density at radius 2 is 1.54 bits per heavy atom. The molecular weight excluding hydrogens is 1150 g/mol. The van der Waals surface area contributed by atoms with Gasteiger partial charge in [0.1, 0.15) is 46.8 Å². The van der Waals surface area contributed by atoms with Crippen molar-refractivity contribution in [2.75, 3.05) is 37.7 Å². The second-order valence-corrected chi connectivity index (χ2v) is 28.1. The average molecular weight is 1220 g/mol. The van der Waals surface area contributed by atoms with Crippen LogP contribution in [0.2, 0.25) is 0 Å². The van der Waals surface area contributed by atoms with Crippen LogP contribution in [0.4, 0.5) is 11.4 Å². The molecule has 3 aliphatic heterocycles. The van der Waals surface area contributed by atoms with Crippen LogP contribution in [-0.4, -0.2) is 138 Å². The van der Waals surface area contributed by atoms with Gasteiger partial charge in [-0.25, -0.2) is 42.2 Å². The van der Waals surface area contributed by atoms with E-state index >= 15 is 0 Å². The van der Waals surface area contributed by atoms with Gasteiger partial charge in [0.05, 0.1) is 33.8 Å². The summed E-state index contributed by atoms with van der Waals surface area (Å²) in [7, 11) is -25.5. The number of phosphoric ester groups is 1. The molecule has 2 aromatic carbocycles. The second kappa shape index (κ2) is 24.8. The van der Waals surface area contributed by atoms with Crippen molar-refractivity contribution in [3.8, 4) is 0 Å². The molecule has 5 heterocycles. The number of allylic oxidation sites excluding steroid dienone is 4. The number of anilines is 1. The molecule has 0 radical (unpaired) electrons. The minimum atomic E-state index is -5.74. The van der Waals surface area contributed by atoms with Crippen molar-refractivity contribution < 1.29 is 91.8 Å². The fourth-order valence-corrected chi connectivity index (χ4v) is 14.8. The van der Waals surface area contributed by atoms with Crippen LogP contribution in [0.15, 0.2) is 82.8 Å². The number of carbonyl (C=O) groups excluding carboxylic acids is 1. The lowest BCUT2D eigenvalue weighted by Crippen LogP contribution is -2.33. The van der Waals surface area contributed by atoms with Crippen molar-refractivity contribution in [3.05, 3.63) is 89.8 Å². The SMILES string of the molecule is CCN1C(=CC=CC2=[N+](CCCCCC(=O)NCCCCCCNP(=O)(O)OP(=O)(O)OP(=O)(O)OC[C@H]3O[C@@H](n4cnc5c(C)ncnc54)[C@H](O)[C@@H]3O)c3ccc(S(=O)(=O)O)cc3C2(C)C)C(C)(C)c2cc(S(=O)(=O)[O-])ccc21. The van der Waals surface area contributed by atoms with Gasteiger partial charge in [0.15, 0.2) is 17.6 Å². The summed E-state index contributed by atoms with van der Waals surface area (Å²) >= 11 is 0. The number of likely N-dealkylation sites (N-methyl/N-ethyl adjacent to an activating group) is 1. The predicted octanol–water partition coefficient (Wildman–Crippen LogP) is 5.42. The molecule has 27 nitrogen and oxygen atoms in total. The summed E-state index contributed by atoms with van der Waals surface area (Å²) in [6.07, 6.45) is 6.43. The maximum absolute atomic E-state index is 12.7. The quantitative estimate of drug-likeness (QED) is 0.0160. The standard InChI is InChI=1S/C48H67N8O19P3S2/c1-7-54-36-21-19-32(79(66,67)68)26-34(36)47(3,4)39(54)16-15-17-40-48(5,6)35-27-33(80(69,70)71)20-22-37(35)55(40)25-14-10-11-18-41(57)49-23-12-8-9-13-24-53-76(60,61)74-78(64,65)75-77(62,63)72-28-38-43(58)44(59)46(73-38)56-30-52-42-31(2)50-29-51-45(42)56/h15-17,19-22,26-27,29-30,38,43-44,46,58-59H,7-14,18,23-25,28H2,1-6H3,(H6-,49,53,57,60,61,62,63,64,65,66,67,68,69,70,71)/t38-,43-,44-,46-/m1/s1. The summed E-state index contributed by atoms with van der Waals surface area (Å²) in [6, 6.07) is 8.88. The number of benzene rings is 2. The molecule has 3 aliphatic rings. The highest BCUT2D eigenvalue weighted by Crippen LogP contribution is 2.66. The number of fused-ring (bicyclic) bond motifs is 3. The summed E-state index contributed by atoms with van der Waals surface area (Å²) in [6.45, 7) is 11.8. The van der Waals surface area contributed by atoms with Crippen LogP contribution in [0.5, 0.6) is 0 Å². The van der Waals surface area contributed by atoms with E-state index in [1.165, 1.54) is 41.5 Å². The van der Waals surface area contributed by atoms with Crippen molar-refractivity contribution in [2.24, 2.45) is 0 Å². The predicted molar refractivity (Wildman–Crippen MR) is 288 cm³/mol. The molecule has 7 atom stereocenters. The van der Waals surface area contributed by atoms with E-state index in [0.29, 0.717) is 80.5 Å². The van der Waals surface area contributed by atoms with Gasteiger partial charge in [-0.2, -0.15) is 21.6 Å². The van der Waals surface area contributed by atoms with Crippen molar-refractivity contribution in [1.29, 1.82) is 0 Å². The van der Waals surface area contributed by atoms with E-state index in [1.54, 1.807) is 19.1 Å². The zero-order valence-electron chi connectivity index (χ0n) is 44.7. The van der Waals surface area contributed by atoms with Crippen LogP contribution in [0, 0.1) is 6.92 Å². The first kappa shape index (κ1) is 63.1. The van der Waals surface area contributed by atoms with Crippen LogP contribution in [0.1, 0.15) is 109 Å². The Balaban J connectivity index is 0.822. The lowest BCUT2D eigenvalue weighted by atomic mass is 9.81. The first-order chi connectivity index (χ1) is 37.3. The van der Waals surface area contributed by atoms with Gasteiger partial charge in [-0.1, -0.05) is 32.8 Å². The molecule has 440 valence electrons. The smallest absolute Gasteiger partial charge is 0.489 e. The van der Waals surface area contributed by atoms with Crippen LogP contribution in [0.3, 0.4) is 0 Å². The Morgan fingerprint density at radius 3 is 2.23 bits per heavy atom. The number of aliphatic hydroxyl groups is 2. The van der Waals surface area contributed by atoms with Crippen LogP contribution < -0.4 is 15.3 Å². The summed E-state index contributed by atoms with van der Waals surface area (Å²) in [5.74, 6) is -0.154. The van der Waals surface area contributed by atoms with E-state index in [2.05, 4.69) is 43.5 Å². The Bertz CT molecular complexity index is 3460. The molecule has 1 saturated heterocycles. The summed E-state index contributed by atoms with van der Waals surface area (Å²) in [5, 5.41) is 26.1. The molecular formula is C48H67N8O19P3S2. The molecule has 7 rings (SSSR count). The molecule has 1 amide bonds. The molecule has 1 fully saturated rings. The zero-order chi connectivity index (χ0) is 58.8. The van der Waals surface area contributed by atoms with Crippen molar-refractivity contribution in [2.45, 2.75) is 138 Å². The summed E-state index contributed by atoms with van der Waals surface area (Å²) in [4.78, 5) is 56.8. The van der Waals surface area contributed by atoms with Gasteiger partial charge in [0.25, 0.3) is 10.1 Å². The minimum Gasteiger partial charge on any atom is -0.744 e. The van der Waals surface area contributed by atoms with E-state index in [0.717, 1.165) is 22.8 Å². The van der Waals surface area contributed by atoms with Gasteiger partial charge >= 0.3 is 23.4 Å². The maximum atomic E-state index is 12.7. The highest BCUT2D eigenvalue weighted by atomic mass is 32.2. The number of rotatable bonds is 27. The number of carbonyl (C=O) groups is 1. The third-order valence-corrected chi connectivity index (χ3v) is 20.3.